The van der Waals surface area contributed by atoms with Crippen molar-refractivity contribution >= 4 is 29.0 Å². The molecule has 2 aliphatic heterocycles. The van der Waals surface area contributed by atoms with Gasteiger partial charge in [-0.15, -0.1) is 0 Å². The van der Waals surface area contributed by atoms with Crippen molar-refractivity contribution in [3.63, 3.8) is 0 Å². The number of likely N-dealkylation sites (tertiary alicyclic amines) is 1. The van der Waals surface area contributed by atoms with Crippen LogP contribution < -0.4 is 10.2 Å². The van der Waals surface area contributed by atoms with Gasteiger partial charge < -0.3 is 15.1 Å². The third-order valence-electron chi connectivity index (χ3n) is 7.41. The van der Waals surface area contributed by atoms with E-state index >= 15 is 0 Å². The number of hydrogen-bond acceptors (Lipinski definition) is 4. The molecule has 0 saturated carbocycles. The average Bonchev–Trinajstić information content (AvgIpc) is 2.89. The van der Waals surface area contributed by atoms with Gasteiger partial charge in [-0.2, -0.15) is 26.3 Å². The second kappa shape index (κ2) is 12.7. The fourth-order valence-corrected chi connectivity index (χ4v) is 5.89. The first kappa shape index (κ1) is 29.4. The molecule has 2 heterocycles. The van der Waals surface area contributed by atoms with E-state index in [1.807, 2.05) is 4.90 Å². The molecule has 4 nitrogen and oxygen atoms in total. The van der Waals surface area contributed by atoms with Gasteiger partial charge in [0.15, 0.2) is 0 Å². The number of nitrogens with zero attached hydrogens (tertiary/aromatic N) is 2. The van der Waals surface area contributed by atoms with Gasteiger partial charge in [0.2, 0.25) is 5.91 Å². The van der Waals surface area contributed by atoms with E-state index in [-0.39, 0.29) is 28.6 Å². The number of nitrogens with one attached hydrogen (secondary N) is 1. The number of amides is 1. The Morgan fingerprint density at radius 2 is 1.56 bits per heavy atom. The van der Waals surface area contributed by atoms with Crippen LogP contribution in [0.25, 0.3) is 0 Å². The molecule has 4 rings (SSSR count). The largest absolute Gasteiger partial charge is 0.446 e. The van der Waals surface area contributed by atoms with Gasteiger partial charge in [-0.25, -0.2) is 0 Å². The zero-order valence-electron chi connectivity index (χ0n) is 21.5. The van der Waals surface area contributed by atoms with Gasteiger partial charge in [-0.05, 0) is 105 Å². The van der Waals surface area contributed by atoms with E-state index in [1.165, 1.54) is 24.3 Å². The van der Waals surface area contributed by atoms with Crippen LogP contribution in [0.2, 0.25) is 0 Å². The van der Waals surface area contributed by atoms with Crippen LogP contribution in [-0.2, 0) is 11.0 Å². The first-order valence-electron chi connectivity index (χ1n) is 13.3. The number of benzene rings is 2. The molecule has 0 aliphatic carbocycles. The molecule has 0 aromatic heterocycles. The van der Waals surface area contributed by atoms with Gasteiger partial charge >= 0.3 is 11.7 Å². The molecule has 11 heteroatoms. The zero-order chi connectivity index (χ0) is 28.0. The number of carbonyl (C=O) groups is 1. The summed E-state index contributed by atoms with van der Waals surface area (Å²) in [6.07, 6.45) is 1.56. The minimum Gasteiger partial charge on any atom is -0.381 e. The molecule has 214 valence electrons. The van der Waals surface area contributed by atoms with E-state index < -0.39 is 17.2 Å². The van der Waals surface area contributed by atoms with Crippen LogP contribution in [0.4, 0.5) is 37.7 Å². The van der Waals surface area contributed by atoms with Crippen molar-refractivity contribution in [2.45, 2.75) is 67.6 Å². The van der Waals surface area contributed by atoms with Gasteiger partial charge in [0.05, 0.1) is 5.56 Å². The Labute approximate surface area is 229 Å². The second-order valence-electron chi connectivity index (χ2n) is 10.3. The maximum atomic E-state index is 12.9. The lowest BCUT2D eigenvalue weighted by molar-refractivity contribution is -0.137. The molecule has 0 bridgehead atoms. The Morgan fingerprint density at radius 3 is 2.18 bits per heavy atom. The molecule has 2 aromatic carbocycles. The highest BCUT2D eigenvalue weighted by molar-refractivity contribution is 8.00. The topological polar surface area (TPSA) is 35.6 Å². The predicted molar refractivity (Wildman–Crippen MR) is 142 cm³/mol. The summed E-state index contributed by atoms with van der Waals surface area (Å²) in [5.74, 6) is 0.623. The lowest BCUT2D eigenvalue weighted by atomic mass is 9.91. The van der Waals surface area contributed by atoms with Gasteiger partial charge in [-0.3, -0.25) is 4.79 Å². The fourth-order valence-electron chi connectivity index (χ4n) is 5.35. The zero-order valence-corrected chi connectivity index (χ0v) is 22.3. The predicted octanol–water partition coefficient (Wildman–Crippen LogP) is 7.81. The molecule has 2 aromatic rings. The maximum absolute atomic E-state index is 12.9. The normalized spacial score (nSPS) is 19.3. The van der Waals surface area contributed by atoms with Gasteiger partial charge in [0, 0.05) is 54.9 Å². The fraction of sp³-hybridized carbons (Fsp3) is 0.536. The Bertz CT molecular complexity index is 1070. The lowest BCUT2D eigenvalue weighted by Gasteiger charge is -2.35. The van der Waals surface area contributed by atoms with Crippen LogP contribution in [-0.4, -0.2) is 48.5 Å². The summed E-state index contributed by atoms with van der Waals surface area (Å²) >= 11 is -0.140. The second-order valence-corrected chi connectivity index (χ2v) is 11.4. The van der Waals surface area contributed by atoms with E-state index in [0.717, 1.165) is 75.1 Å². The minimum atomic E-state index is -4.33. The molecule has 1 N–H and O–H groups in total. The van der Waals surface area contributed by atoms with Gasteiger partial charge in [-0.1, -0.05) is 0 Å². The van der Waals surface area contributed by atoms with E-state index in [2.05, 4.69) is 10.2 Å². The molecule has 39 heavy (non-hydrogen) atoms. The highest BCUT2D eigenvalue weighted by atomic mass is 32.2. The molecule has 0 unspecified atom stereocenters. The third kappa shape index (κ3) is 8.98. The monoisotopic (exact) mass is 573 g/mol. The molecular weight excluding hydrogens is 540 g/mol. The van der Waals surface area contributed by atoms with Crippen LogP contribution in [0.15, 0.2) is 53.4 Å². The number of halogens is 6. The number of thioether (sulfide) groups is 1. The number of carbonyl (C=O) groups excluding carboxylic acids is 1. The minimum absolute atomic E-state index is 0.0540. The van der Waals surface area contributed by atoms with Crippen molar-refractivity contribution in [2.24, 2.45) is 5.92 Å². The van der Waals surface area contributed by atoms with E-state index in [9.17, 15) is 31.1 Å². The average molecular weight is 574 g/mol. The summed E-state index contributed by atoms with van der Waals surface area (Å²) in [5.41, 5.74) is -3.41. The number of hydrogen-bond donors (Lipinski definition) is 1. The first-order valence-corrected chi connectivity index (χ1v) is 14.1. The highest BCUT2D eigenvalue weighted by Crippen LogP contribution is 2.37. The molecular formula is C28H33F6N3OS. The quantitative estimate of drug-likeness (QED) is 0.258. The summed E-state index contributed by atoms with van der Waals surface area (Å²) in [5, 5.41) is 3.35. The number of alkyl halides is 6. The van der Waals surface area contributed by atoms with Crippen molar-refractivity contribution < 1.29 is 31.1 Å². The Hall–Kier alpha value is -2.56. The summed E-state index contributed by atoms with van der Waals surface area (Å²) in [6, 6.07) is 11.5. The Morgan fingerprint density at radius 1 is 0.897 bits per heavy atom. The summed E-state index contributed by atoms with van der Waals surface area (Å²) < 4.78 is 76.0. The van der Waals surface area contributed by atoms with Crippen molar-refractivity contribution in [3.8, 4) is 0 Å². The van der Waals surface area contributed by atoms with Crippen molar-refractivity contribution in [3.05, 3.63) is 54.1 Å². The summed E-state index contributed by atoms with van der Waals surface area (Å²) in [4.78, 5) is 17.0. The van der Waals surface area contributed by atoms with Crippen LogP contribution in [0.5, 0.6) is 0 Å². The molecule has 1 atom stereocenters. The lowest BCUT2D eigenvalue weighted by Crippen LogP contribution is -2.45. The molecule has 0 spiro atoms. The number of anilines is 2. The standard InChI is InChI=1S/C28H33F6N3OS/c29-27(30,31)21-6-10-24(11-7-21)36-17-14-20(15-18-36)3-1-5-26(38)37-16-2-4-23(19-37)35-22-8-12-25(13-9-22)39-28(32,33)34/h6-13,20,23,35H,1-5,14-19H2/t23-/m0/s1. The Kier molecular flexibility index (Phi) is 9.61. The highest BCUT2D eigenvalue weighted by Gasteiger charge is 2.31. The smallest absolute Gasteiger partial charge is 0.381 e. The van der Waals surface area contributed by atoms with Crippen LogP contribution >= 0.6 is 11.8 Å². The first-order chi connectivity index (χ1) is 18.5. The summed E-state index contributed by atoms with van der Waals surface area (Å²) in [6.45, 7) is 2.87. The molecule has 2 aliphatic rings. The van der Waals surface area contributed by atoms with Gasteiger partial charge in [0.25, 0.3) is 0 Å². The maximum Gasteiger partial charge on any atom is 0.446 e. The Balaban J connectivity index is 1.15. The van der Waals surface area contributed by atoms with Crippen molar-refractivity contribution in [1.29, 1.82) is 0 Å². The van der Waals surface area contributed by atoms with Gasteiger partial charge in [0.1, 0.15) is 0 Å². The van der Waals surface area contributed by atoms with Crippen LogP contribution in [0.3, 0.4) is 0 Å². The summed E-state index contributed by atoms with van der Waals surface area (Å²) in [7, 11) is 0. The van der Waals surface area contributed by atoms with E-state index in [1.54, 1.807) is 12.1 Å². The third-order valence-corrected chi connectivity index (χ3v) is 8.15. The van der Waals surface area contributed by atoms with E-state index in [0.29, 0.717) is 25.4 Å². The van der Waals surface area contributed by atoms with Crippen LogP contribution in [0.1, 0.15) is 50.5 Å². The molecule has 2 saturated heterocycles. The number of piperidine rings is 2. The van der Waals surface area contributed by atoms with E-state index in [4.69, 9.17) is 0 Å². The molecule has 1 amide bonds. The number of rotatable bonds is 8. The van der Waals surface area contributed by atoms with Crippen molar-refractivity contribution in [2.75, 3.05) is 36.4 Å². The SMILES string of the molecule is O=C(CCCC1CCN(c2ccc(C(F)(F)F)cc2)CC1)N1CCC[C@H](Nc2ccc(SC(F)(F)F)cc2)C1. The molecule has 2 fully saturated rings. The van der Waals surface area contributed by atoms with Crippen LogP contribution in [0, 0.1) is 5.92 Å². The van der Waals surface area contributed by atoms with Crippen molar-refractivity contribution in [1.82, 2.24) is 4.90 Å². The molecule has 0 radical (unpaired) electrons.